The summed E-state index contributed by atoms with van der Waals surface area (Å²) in [6.07, 6.45) is 2.10. The average molecular weight is 269 g/mol. The second-order valence-corrected chi connectivity index (χ2v) is 4.66. The Labute approximate surface area is 115 Å². The Morgan fingerprint density at radius 3 is 2.39 bits per heavy atom. The topological polar surface area (TPSA) is 30.5 Å². The van der Waals surface area contributed by atoms with Gasteiger partial charge in [-0.1, -0.05) is 0 Å². The minimum absolute atomic E-state index is 0.793. The van der Waals surface area contributed by atoms with Gasteiger partial charge in [0.05, 0.1) is 14.2 Å². The van der Waals surface area contributed by atoms with Gasteiger partial charge >= 0.3 is 0 Å². The summed E-state index contributed by atoms with van der Waals surface area (Å²) in [5.41, 5.74) is 2.54. The zero-order chi connectivity index (χ0) is 13.4. The molecule has 0 aromatic heterocycles. The first-order chi connectivity index (χ1) is 8.72. The second kappa shape index (κ2) is 8.27. The molecule has 102 valence electrons. The van der Waals surface area contributed by atoms with Crippen LogP contribution in [0.2, 0.25) is 0 Å². The molecule has 0 amide bonds. The molecule has 0 bridgehead atoms. The number of thiol groups is 1. The van der Waals surface area contributed by atoms with Gasteiger partial charge in [0.1, 0.15) is 0 Å². The number of hydrogen-bond donors (Lipinski definition) is 2. The lowest BCUT2D eigenvalue weighted by atomic mass is 10.0. The Hall–Kier alpha value is -0.870. The predicted molar refractivity (Wildman–Crippen MR) is 79.3 cm³/mol. The Balaban J connectivity index is 2.59. The van der Waals surface area contributed by atoms with E-state index in [0.29, 0.717) is 0 Å². The summed E-state index contributed by atoms with van der Waals surface area (Å²) in [7, 11) is 3.33. The van der Waals surface area contributed by atoms with Crippen LogP contribution in [0.4, 0.5) is 0 Å². The average Bonchev–Trinajstić information content (AvgIpc) is 2.39. The number of nitrogens with one attached hydrogen (secondary N) is 1. The Morgan fingerprint density at radius 1 is 1.11 bits per heavy atom. The van der Waals surface area contributed by atoms with E-state index in [-0.39, 0.29) is 0 Å². The molecule has 0 unspecified atom stereocenters. The van der Waals surface area contributed by atoms with Crippen molar-refractivity contribution in [2.45, 2.75) is 19.8 Å². The molecule has 0 fully saturated rings. The Morgan fingerprint density at radius 2 is 1.78 bits per heavy atom. The van der Waals surface area contributed by atoms with Gasteiger partial charge in [-0.2, -0.15) is 12.6 Å². The van der Waals surface area contributed by atoms with E-state index >= 15 is 0 Å². The van der Waals surface area contributed by atoms with E-state index in [1.54, 1.807) is 14.2 Å². The molecular weight excluding hydrogens is 246 g/mol. The SMILES string of the molecule is COc1cc(C)c(CCNCCCS)cc1OC. The van der Waals surface area contributed by atoms with Crippen LogP contribution in [0.1, 0.15) is 17.5 Å². The quantitative estimate of drug-likeness (QED) is 0.561. The maximum atomic E-state index is 5.32. The predicted octanol–water partition coefficient (Wildman–Crippen LogP) is 2.46. The number of aryl methyl sites for hydroxylation is 1. The summed E-state index contributed by atoms with van der Waals surface area (Å²) >= 11 is 4.19. The van der Waals surface area contributed by atoms with Gasteiger partial charge in [0, 0.05) is 0 Å². The number of rotatable bonds is 8. The fourth-order valence-electron chi connectivity index (χ4n) is 1.84. The first-order valence-corrected chi connectivity index (χ1v) is 6.89. The zero-order valence-electron chi connectivity index (χ0n) is 11.5. The van der Waals surface area contributed by atoms with Crippen molar-refractivity contribution in [1.82, 2.24) is 5.32 Å². The van der Waals surface area contributed by atoms with Gasteiger partial charge in [-0.25, -0.2) is 0 Å². The molecule has 0 aliphatic carbocycles. The minimum Gasteiger partial charge on any atom is -0.493 e. The molecule has 0 radical (unpaired) electrons. The van der Waals surface area contributed by atoms with Crippen LogP contribution in [0, 0.1) is 6.92 Å². The monoisotopic (exact) mass is 269 g/mol. The fourth-order valence-corrected chi connectivity index (χ4v) is 2.00. The highest BCUT2D eigenvalue weighted by molar-refractivity contribution is 7.80. The van der Waals surface area contributed by atoms with Crippen molar-refractivity contribution >= 4 is 12.6 Å². The first-order valence-electron chi connectivity index (χ1n) is 6.26. The number of benzene rings is 1. The van der Waals surface area contributed by atoms with E-state index in [2.05, 4.69) is 30.9 Å². The summed E-state index contributed by atoms with van der Waals surface area (Å²) in [6, 6.07) is 4.09. The van der Waals surface area contributed by atoms with Gasteiger partial charge in [-0.15, -0.1) is 0 Å². The summed E-state index contributed by atoms with van der Waals surface area (Å²) in [5, 5.41) is 3.41. The van der Waals surface area contributed by atoms with E-state index in [1.807, 2.05) is 6.07 Å². The van der Waals surface area contributed by atoms with Gasteiger partial charge in [0.2, 0.25) is 0 Å². The molecule has 18 heavy (non-hydrogen) atoms. The van der Waals surface area contributed by atoms with Gasteiger partial charge < -0.3 is 14.8 Å². The van der Waals surface area contributed by atoms with E-state index < -0.39 is 0 Å². The lowest BCUT2D eigenvalue weighted by molar-refractivity contribution is 0.354. The summed E-state index contributed by atoms with van der Waals surface area (Å²) < 4.78 is 10.6. The highest BCUT2D eigenvalue weighted by Gasteiger charge is 2.07. The minimum atomic E-state index is 0.793. The molecule has 0 saturated heterocycles. The fraction of sp³-hybridized carbons (Fsp3) is 0.571. The lowest BCUT2D eigenvalue weighted by Gasteiger charge is -2.13. The molecule has 0 spiro atoms. The van der Waals surface area contributed by atoms with Crippen LogP contribution in [-0.4, -0.2) is 33.1 Å². The first kappa shape index (κ1) is 15.2. The van der Waals surface area contributed by atoms with Crippen LogP contribution in [0.3, 0.4) is 0 Å². The van der Waals surface area contributed by atoms with Gasteiger partial charge in [-0.3, -0.25) is 0 Å². The van der Waals surface area contributed by atoms with Crippen molar-refractivity contribution in [2.75, 3.05) is 33.1 Å². The zero-order valence-corrected chi connectivity index (χ0v) is 12.3. The van der Waals surface area contributed by atoms with Crippen LogP contribution in [0.15, 0.2) is 12.1 Å². The van der Waals surface area contributed by atoms with E-state index in [4.69, 9.17) is 9.47 Å². The molecule has 4 heteroatoms. The standard InChI is InChI=1S/C14H23NO2S/c1-11-9-13(16-2)14(17-3)10-12(11)5-7-15-6-4-8-18/h9-10,15,18H,4-8H2,1-3H3. The van der Waals surface area contributed by atoms with Crippen LogP contribution >= 0.6 is 12.6 Å². The van der Waals surface area contributed by atoms with Crippen molar-refractivity contribution in [2.24, 2.45) is 0 Å². The largest absolute Gasteiger partial charge is 0.493 e. The summed E-state index contributed by atoms with van der Waals surface area (Å²) in [5.74, 6) is 2.53. The summed E-state index contributed by atoms with van der Waals surface area (Å²) in [4.78, 5) is 0. The molecule has 1 N–H and O–H groups in total. The van der Waals surface area contributed by atoms with Crippen LogP contribution in [0.25, 0.3) is 0 Å². The third kappa shape index (κ3) is 4.42. The smallest absolute Gasteiger partial charge is 0.161 e. The molecule has 3 nitrogen and oxygen atoms in total. The van der Waals surface area contributed by atoms with E-state index in [0.717, 1.165) is 43.2 Å². The Kier molecular flexibility index (Phi) is 6.98. The molecule has 0 aliphatic heterocycles. The molecular formula is C14H23NO2S. The third-order valence-electron chi connectivity index (χ3n) is 2.92. The molecule has 0 atom stereocenters. The third-order valence-corrected chi connectivity index (χ3v) is 3.24. The highest BCUT2D eigenvalue weighted by Crippen LogP contribution is 2.30. The van der Waals surface area contributed by atoms with Crippen molar-refractivity contribution in [3.05, 3.63) is 23.3 Å². The maximum Gasteiger partial charge on any atom is 0.161 e. The number of ether oxygens (including phenoxy) is 2. The van der Waals surface area contributed by atoms with Crippen LogP contribution in [-0.2, 0) is 6.42 Å². The van der Waals surface area contributed by atoms with Crippen LogP contribution < -0.4 is 14.8 Å². The molecule has 1 aromatic rings. The van der Waals surface area contributed by atoms with Crippen molar-refractivity contribution < 1.29 is 9.47 Å². The number of hydrogen-bond acceptors (Lipinski definition) is 4. The second-order valence-electron chi connectivity index (χ2n) is 4.21. The molecule has 0 saturated carbocycles. The molecule has 1 aromatic carbocycles. The maximum absolute atomic E-state index is 5.32. The lowest BCUT2D eigenvalue weighted by Crippen LogP contribution is -2.19. The van der Waals surface area contributed by atoms with E-state index in [9.17, 15) is 0 Å². The highest BCUT2D eigenvalue weighted by atomic mass is 32.1. The van der Waals surface area contributed by atoms with Crippen molar-refractivity contribution in [1.29, 1.82) is 0 Å². The molecule has 0 heterocycles. The van der Waals surface area contributed by atoms with Gasteiger partial charge in [-0.05, 0) is 61.9 Å². The molecule has 1 rings (SSSR count). The van der Waals surface area contributed by atoms with Gasteiger partial charge in [0.25, 0.3) is 0 Å². The van der Waals surface area contributed by atoms with Crippen molar-refractivity contribution in [3.63, 3.8) is 0 Å². The Bertz CT molecular complexity index is 369. The van der Waals surface area contributed by atoms with Crippen molar-refractivity contribution in [3.8, 4) is 11.5 Å². The van der Waals surface area contributed by atoms with E-state index in [1.165, 1.54) is 11.1 Å². The molecule has 0 aliphatic rings. The normalized spacial score (nSPS) is 10.4. The van der Waals surface area contributed by atoms with Crippen LogP contribution in [0.5, 0.6) is 11.5 Å². The van der Waals surface area contributed by atoms with Gasteiger partial charge in [0.15, 0.2) is 11.5 Å². The summed E-state index contributed by atoms with van der Waals surface area (Å²) in [6.45, 7) is 4.10. The number of methoxy groups -OCH3 is 2.